The molecule has 0 rings (SSSR count). The Hall–Kier alpha value is 0.0300. The van der Waals surface area contributed by atoms with Crippen molar-refractivity contribution in [2.24, 2.45) is 0 Å². The first-order valence-corrected chi connectivity index (χ1v) is 13.7. The van der Waals surface area contributed by atoms with E-state index in [1.807, 2.05) is 0 Å². The van der Waals surface area contributed by atoms with Crippen molar-refractivity contribution >= 4 is 12.6 Å². The van der Waals surface area contributed by atoms with Gasteiger partial charge in [0.15, 0.2) is 0 Å². The van der Waals surface area contributed by atoms with Crippen LogP contribution in [0.25, 0.3) is 0 Å². The van der Waals surface area contributed by atoms with Crippen LogP contribution in [0.1, 0.15) is 51.4 Å². The van der Waals surface area contributed by atoms with Gasteiger partial charge in [0.1, 0.15) is 0 Å². The summed E-state index contributed by atoms with van der Waals surface area (Å²) in [5.41, 5.74) is 0. The van der Waals surface area contributed by atoms with Crippen LogP contribution in [0.3, 0.4) is 0 Å². The molecule has 0 saturated carbocycles. The summed E-state index contributed by atoms with van der Waals surface area (Å²) in [6.07, 6.45) is 10.3. The molecule has 0 spiro atoms. The molecule has 0 bridgehead atoms. The van der Waals surface area contributed by atoms with Crippen molar-refractivity contribution in [2.75, 3.05) is 112 Å². The Morgan fingerprint density at radius 1 is 0.324 bits per heavy atom. The third-order valence-corrected chi connectivity index (χ3v) is 5.18. The van der Waals surface area contributed by atoms with Gasteiger partial charge in [-0.15, -0.1) is 0 Å². The van der Waals surface area contributed by atoms with Gasteiger partial charge in [0.2, 0.25) is 0 Å². The van der Waals surface area contributed by atoms with Gasteiger partial charge in [-0.05, 0) is 18.6 Å². The molecule has 0 heterocycles. The van der Waals surface area contributed by atoms with E-state index in [0.29, 0.717) is 92.5 Å². The fourth-order valence-corrected chi connectivity index (χ4v) is 3.16. The van der Waals surface area contributed by atoms with Gasteiger partial charge in [-0.2, -0.15) is 12.6 Å². The SMILES string of the molecule is COCCOCCOCCOCCOCCOCCOCCOCCCCCCCCCCS. The number of rotatable bonds is 31. The van der Waals surface area contributed by atoms with Crippen LogP contribution in [0.2, 0.25) is 0 Å². The first-order chi connectivity index (χ1) is 16.9. The van der Waals surface area contributed by atoms with E-state index in [1.165, 1.54) is 44.9 Å². The van der Waals surface area contributed by atoms with Crippen LogP contribution >= 0.6 is 12.6 Å². The van der Waals surface area contributed by atoms with E-state index in [-0.39, 0.29) is 0 Å². The minimum atomic E-state index is 0.549. The van der Waals surface area contributed by atoms with Gasteiger partial charge >= 0.3 is 0 Å². The highest BCUT2D eigenvalue weighted by molar-refractivity contribution is 7.80. The molecule has 0 fully saturated rings. The van der Waals surface area contributed by atoms with Crippen LogP contribution in [-0.4, -0.2) is 112 Å². The Bertz CT molecular complexity index is 321. The molecule has 0 aliphatic rings. The second-order valence-corrected chi connectivity index (χ2v) is 8.28. The number of ether oxygens (including phenoxy) is 8. The average molecular weight is 513 g/mol. The Morgan fingerprint density at radius 3 is 0.912 bits per heavy atom. The smallest absolute Gasteiger partial charge is 0.0701 e. The lowest BCUT2D eigenvalue weighted by Crippen LogP contribution is -2.14. The predicted molar refractivity (Wildman–Crippen MR) is 138 cm³/mol. The van der Waals surface area contributed by atoms with E-state index >= 15 is 0 Å². The molecule has 0 radical (unpaired) electrons. The molecule has 0 amide bonds. The monoisotopic (exact) mass is 512 g/mol. The summed E-state index contributed by atoms with van der Waals surface area (Å²) in [7, 11) is 1.65. The third kappa shape index (κ3) is 32.0. The molecular formula is C25H52O8S. The number of hydrogen-bond acceptors (Lipinski definition) is 9. The van der Waals surface area contributed by atoms with E-state index in [1.54, 1.807) is 7.11 Å². The molecule has 8 nitrogen and oxygen atoms in total. The summed E-state index contributed by atoms with van der Waals surface area (Å²) in [5, 5.41) is 0. The van der Waals surface area contributed by atoms with Crippen LogP contribution in [0.4, 0.5) is 0 Å². The molecule has 34 heavy (non-hydrogen) atoms. The molecule has 0 aromatic heterocycles. The van der Waals surface area contributed by atoms with Crippen LogP contribution in [0.15, 0.2) is 0 Å². The van der Waals surface area contributed by atoms with Crippen molar-refractivity contribution < 1.29 is 37.9 Å². The van der Waals surface area contributed by atoms with Crippen molar-refractivity contribution in [3.05, 3.63) is 0 Å². The van der Waals surface area contributed by atoms with Crippen LogP contribution in [-0.2, 0) is 37.9 Å². The van der Waals surface area contributed by atoms with Gasteiger partial charge in [0.25, 0.3) is 0 Å². The minimum absolute atomic E-state index is 0.549. The molecule has 0 unspecified atom stereocenters. The molecule has 0 atom stereocenters. The van der Waals surface area contributed by atoms with Gasteiger partial charge in [-0.1, -0.05) is 38.5 Å². The minimum Gasteiger partial charge on any atom is -0.382 e. The molecule has 9 heteroatoms. The molecule has 0 aromatic carbocycles. The average Bonchev–Trinajstić information content (AvgIpc) is 2.85. The first-order valence-electron chi connectivity index (χ1n) is 13.1. The topological polar surface area (TPSA) is 73.8 Å². The molecular weight excluding hydrogens is 460 g/mol. The van der Waals surface area contributed by atoms with Crippen LogP contribution < -0.4 is 0 Å². The summed E-state index contributed by atoms with van der Waals surface area (Å²) in [6, 6.07) is 0. The largest absolute Gasteiger partial charge is 0.382 e. The van der Waals surface area contributed by atoms with E-state index in [0.717, 1.165) is 18.8 Å². The predicted octanol–water partition coefficient (Wildman–Crippen LogP) is 3.80. The van der Waals surface area contributed by atoms with Crippen molar-refractivity contribution in [1.82, 2.24) is 0 Å². The van der Waals surface area contributed by atoms with Crippen molar-refractivity contribution in [1.29, 1.82) is 0 Å². The number of hydrogen-bond donors (Lipinski definition) is 1. The highest BCUT2D eigenvalue weighted by Crippen LogP contribution is 2.08. The molecule has 0 aromatic rings. The summed E-state index contributed by atoms with van der Waals surface area (Å²) < 4.78 is 43.1. The number of methoxy groups -OCH3 is 1. The zero-order chi connectivity index (χ0) is 24.6. The van der Waals surface area contributed by atoms with Gasteiger partial charge in [0, 0.05) is 13.7 Å². The van der Waals surface area contributed by atoms with Gasteiger partial charge in [-0.3, -0.25) is 0 Å². The maximum Gasteiger partial charge on any atom is 0.0701 e. The van der Waals surface area contributed by atoms with E-state index in [9.17, 15) is 0 Å². The summed E-state index contributed by atoms with van der Waals surface area (Å²) >= 11 is 4.24. The van der Waals surface area contributed by atoms with E-state index < -0.39 is 0 Å². The molecule has 206 valence electrons. The Morgan fingerprint density at radius 2 is 0.588 bits per heavy atom. The molecule has 0 aliphatic heterocycles. The maximum absolute atomic E-state index is 5.61. The van der Waals surface area contributed by atoms with Crippen LogP contribution in [0.5, 0.6) is 0 Å². The van der Waals surface area contributed by atoms with Crippen molar-refractivity contribution in [3.8, 4) is 0 Å². The van der Waals surface area contributed by atoms with Crippen molar-refractivity contribution in [2.45, 2.75) is 51.4 Å². The second-order valence-electron chi connectivity index (χ2n) is 7.83. The second kappa shape index (κ2) is 33.0. The Balaban J connectivity index is 2.99. The zero-order valence-electron chi connectivity index (χ0n) is 21.7. The molecule has 0 aliphatic carbocycles. The summed E-state index contributed by atoms with van der Waals surface area (Å²) in [6.45, 7) is 8.91. The maximum atomic E-state index is 5.61. The fraction of sp³-hybridized carbons (Fsp3) is 1.00. The summed E-state index contributed by atoms with van der Waals surface area (Å²) in [4.78, 5) is 0. The van der Waals surface area contributed by atoms with Gasteiger partial charge in [0.05, 0.1) is 92.5 Å². The quantitative estimate of drug-likeness (QED) is 0.111. The lowest BCUT2D eigenvalue weighted by atomic mass is 10.1. The fourth-order valence-electron chi connectivity index (χ4n) is 2.94. The van der Waals surface area contributed by atoms with E-state index in [4.69, 9.17) is 37.9 Å². The first kappa shape index (κ1) is 34.0. The Labute approximate surface area is 214 Å². The Kier molecular flexibility index (Phi) is 33.1. The normalized spacial score (nSPS) is 11.5. The third-order valence-electron chi connectivity index (χ3n) is 4.86. The number of unbranched alkanes of at least 4 members (excludes halogenated alkanes) is 7. The lowest BCUT2D eigenvalue weighted by Gasteiger charge is -2.08. The zero-order valence-corrected chi connectivity index (χ0v) is 22.6. The molecule has 0 saturated heterocycles. The van der Waals surface area contributed by atoms with Gasteiger partial charge < -0.3 is 37.9 Å². The number of thiol groups is 1. The molecule has 0 N–H and O–H groups in total. The van der Waals surface area contributed by atoms with E-state index in [2.05, 4.69) is 12.6 Å². The highest BCUT2D eigenvalue weighted by Gasteiger charge is 1.96. The highest BCUT2D eigenvalue weighted by atomic mass is 32.1. The van der Waals surface area contributed by atoms with Crippen molar-refractivity contribution in [3.63, 3.8) is 0 Å². The lowest BCUT2D eigenvalue weighted by molar-refractivity contribution is -0.0221. The summed E-state index contributed by atoms with van der Waals surface area (Å²) in [5.74, 6) is 1.02. The van der Waals surface area contributed by atoms with Gasteiger partial charge in [-0.25, -0.2) is 0 Å². The van der Waals surface area contributed by atoms with Crippen LogP contribution in [0, 0.1) is 0 Å². The standard InChI is InChI=1S/C25H52O8S/c1-26-11-12-28-15-16-30-19-20-32-23-24-33-22-21-31-18-17-29-14-13-27-10-8-6-4-2-3-5-7-9-25-34/h34H,2-25H2,1H3.